The SMILES string of the molecule is CC(C)=CCC/C(C)=C\CCC(=O)O.CC(C)=CCCC(C)=CCCC(=O)O. The van der Waals surface area contributed by atoms with Crippen molar-refractivity contribution in [2.45, 2.75) is 92.9 Å². The molecule has 0 spiro atoms. The van der Waals surface area contributed by atoms with E-state index in [1.807, 2.05) is 12.2 Å². The lowest BCUT2D eigenvalue weighted by Crippen LogP contribution is -1.92. The summed E-state index contributed by atoms with van der Waals surface area (Å²) in [5.74, 6) is -1.45. The van der Waals surface area contributed by atoms with Crippen molar-refractivity contribution in [2.75, 3.05) is 0 Å². The van der Waals surface area contributed by atoms with Crippen LogP contribution in [0.1, 0.15) is 92.9 Å². The smallest absolute Gasteiger partial charge is 0.303 e. The van der Waals surface area contributed by atoms with Crippen LogP contribution in [-0.4, -0.2) is 22.2 Å². The van der Waals surface area contributed by atoms with Gasteiger partial charge < -0.3 is 10.2 Å². The number of hydrogen-bond donors (Lipinski definition) is 2. The molecule has 0 saturated carbocycles. The van der Waals surface area contributed by atoms with Gasteiger partial charge >= 0.3 is 11.9 Å². The number of aliphatic carboxylic acids is 2. The second-order valence-corrected chi connectivity index (χ2v) is 7.61. The normalized spacial score (nSPS) is 11.2. The van der Waals surface area contributed by atoms with Gasteiger partial charge in [-0.15, -0.1) is 0 Å². The molecule has 4 heteroatoms. The van der Waals surface area contributed by atoms with Crippen LogP contribution in [-0.2, 0) is 9.59 Å². The third kappa shape index (κ3) is 26.1. The summed E-state index contributed by atoms with van der Waals surface area (Å²) >= 11 is 0. The molecule has 0 aliphatic rings. The highest BCUT2D eigenvalue weighted by Crippen LogP contribution is 2.09. The first-order valence-electron chi connectivity index (χ1n) is 10.1. The Balaban J connectivity index is 0. The second kappa shape index (κ2) is 18.3. The molecule has 0 bridgehead atoms. The minimum Gasteiger partial charge on any atom is -0.481 e. The molecule has 0 atom stereocenters. The van der Waals surface area contributed by atoms with Gasteiger partial charge in [0, 0.05) is 12.8 Å². The van der Waals surface area contributed by atoms with E-state index < -0.39 is 11.9 Å². The Morgan fingerprint density at radius 3 is 1.07 bits per heavy atom. The second-order valence-electron chi connectivity index (χ2n) is 7.61. The predicted molar refractivity (Wildman–Crippen MR) is 119 cm³/mol. The van der Waals surface area contributed by atoms with Gasteiger partial charge in [0.2, 0.25) is 0 Å². The van der Waals surface area contributed by atoms with Crippen molar-refractivity contribution in [1.82, 2.24) is 0 Å². The van der Waals surface area contributed by atoms with Crippen molar-refractivity contribution in [2.24, 2.45) is 0 Å². The van der Waals surface area contributed by atoms with Gasteiger partial charge in [-0.25, -0.2) is 0 Å². The third-order valence-electron chi connectivity index (χ3n) is 3.88. The standard InChI is InChI=1S/2C12H20O2/c2*1-10(2)6-4-7-11(3)8-5-9-12(13)14/h2*6,8H,4-5,7,9H2,1-3H3,(H,13,14)/b11-8-;. The fourth-order valence-corrected chi connectivity index (χ4v) is 2.27. The Kier molecular flexibility index (Phi) is 18.3. The minimum absolute atomic E-state index is 0.236. The molecular formula is C24H40O4. The summed E-state index contributed by atoms with van der Waals surface area (Å²) in [4.78, 5) is 20.5. The van der Waals surface area contributed by atoms with Crippen molar-refractivity contribution in [3.05, 3.63) is 46.6 Å². The highest BCUT2D eigenvalue weighted by Gasteiger charge is 1.95. The first-order chi connectivity index (χ1) is 13.0. The Labute approximate surface area is 171 Å². The summed E-state index contributed by atoms with van der Waals surface area (Å²) in [6, 6.07) is 0. The lowest BCUT2D eigenvalue weighted by molar-refractivity contribution is -0.137. The molecule has 0 aliphatic heterocycles. The number of allylic oxidation sites excluding steroid dienone is 8. The van der Waals surface area contributed by atoms with Gasteiger partial charge in [-0.1, -0.05) is 46.6 Å². The molecule has 28 heavy (non-hydrogen) atoms. The summed E-state index contributed by atoms with van der Waals surface area (Å²) in [5, 5.41) is 16.9. The molecule has 0 fully saturated rings. The quantitative estimate of drug-likeness (QED) is 0.348. The van der Waals surface area contributed by atoms with Gasteiger partial charge in [0.25, 0.3) is 0 Å². The van der Waals surface area contributed by atoms with Crippen LogP contribution in [0.2, 0.25) is 0 Å². The van der Waals surface area contributed by atoms with E-state index in [1.165, 1.54) is 22.3 Å². The van der Waals surface area contributed by atoms with E-state index >= 15 is 0 Å². The largest absolute Gasteiger partial charge is 0.481 e. The van der Waals surface area contributed by atoms with E-state index in [9.17, 15) is 9.59 Å². The van der Waals surface area contributed by atoms with Gasteiger partial charge in [0.1, 0.15) is 0 Å². The highest BCUT2D eigenvalue weighted by molar-refractivity contribution is 5.67. The number of carboxylic acid groups (broad SMARTS) is 2. The Morgan fingerprint density at radius 2 is 0.821 bits per heavy atom. The maximum atomic E-state index is 10.2. The van der Waals surface area contributed by atoms with Gasteiger partial charge in [-0.2, -0.15) is 0 Å². The van der Waals surface area contributed by atoms with E-state index in [1.54, 1.807) is 0 Å². The lowest BCUT2D eigenvalue weighted by Gasteiger charge is -1.98. The van der Waals surface area contributed by atoms with Crippen molar-refractivity contribution in [3.63, 3.8) is 0 Å². The summed E-state index contributed by atoms with van der Waals surface area (Å²) < 4.78 is 0. The Bertz CT molecular complexity index is 517. The fourth-order valence-electron chi connectivity index (χ4n) is 2.27. The van der Waals surface area contributed by atoms with Gasteiger partial charge in [0.05, 0.1) is 0 Å². The van der Waals surface area contributed by atoms with Crippen molar-refractivity contribution in [1.29, 1.82) is 0 Å². The zero-order valence-electron chi connectivity index (χ0n) is 18.7. The van der Waals surface area contributed by atoms with Crippen LogP contribution in [0.3, 0.4) is 0 Å². The molecule has 0 rings (SSSR count). The molecule has 4 nitrogen and oxygen atoms in total. The summed E-state index contributed by atoms with van der Waals surface area (Å²) in [6.07, 6.45) is 14.4. The van der Waals surface area contributed by atoms with Crippen LogP contribution in [0.4, 0.5) is 0 Å². The monoisotopic (exact) mass is 392 g/mol. The first-order valence-corrected chi connectivity index (χ1v) is 10.1. The molecule has 0 heterocycles. The van der Waals surface area contributed by atoms with Crippen LogP contribution < -0.4 is 0 Å². The predicted octanol–water partition coefficient (Wildman–Crippen LogP) is 7.09. The summed E-state index contributed by atoms with van der Waals surface area (Å²) in [6.45, 7) is 12.5. The molecule has 160 valence electrons. The van der Waals surface area contributed by atoms with Crippen LogP contribution in [0.5, 0.6) is 0 Å². The number of hydrogen-bond acceptors (Lipinski definition) is 2. The van der Waals surface area contributed by atoms with E-state index in [2.05, 4.69) is 53.7 Å². The van der Waals surface area contributed by atoms with Crippen molar-refractivity contribution >= 4 is 11.9 Å². The molecule has 0 aliphatic carbocycles. The maximum Gasteiger partial charge on any atom is 0.303 e. The number of carbonyl (C=O) groups is 2. The minimum atomic E-state index is -0.724. The Hall–Kier alpha value is -2.10. The molecule has 0 unspecified atom stereocenters. The zero-order valence-corrected chi connectivity index (χ0v) is 18.7. The van der Waals surface area contributed by atoms with Crippen molar-refractivity contribution < 1.29 is 19.8 Å². The molecule has 0 aromatic rings. The Morgan fingerprint density at radius 1 is 0.536 bits per heavy atom. The maximum absolute atomic E-state index is 10.2. The average Bonchev–Trinajstić information content (AvgIpc) is 2.54. The summed E-state index contributed by atoms with van der Waals surface area (Å²) in [7, 11) is 0. The molecule has 0 radical (unpaired) electrons. The molecule has 2 N–H and O–H groups in total. The number of rotatable bonds is 12. The molecule has 0 aromatic carbocycles. The van der Waals surface area contributed by atoms with E-state index in [0.717, 1.165) is 25.7 Å². The number of carboxylic acids is 2. The van der Waals surface area contributed by atoms with E-state index in [4.69, 9.17) is 10.2 Å². The topological polar surface area (TPSA) is 74.6 Å². The molecule has 0 amide bonds. The molecular weight excluding hydrogens is 352 g/mol. The van der Waals surface area contributed by atoms with Crippen LogP contribution in [0, 0.1) is 0 Å². The lowest BCUT2D eigenvalue weighted by atomic mass is 10.1. The molecule has 0 aromatic heterocycles. The van der Waals surface area contributed by atoms with E-state index in [-0.39, 0.29) is 12.8 Å². The third-order valence-corrected chi connectivity index (χ3v) is 3.88. The van der Waals surface area contributed by atoms with Gasteiger partial charge in [-0.3, -0.25) is 9.59 Å². The van der Waals surface area contributed by atoms with Crippen LogP contribution in [0.25, 0.3) is 0 Å². The summed E-state index contributed by atoms with van der Waals surface area (Å²) in [5.41, 5.74) is 5.24. The first kappa shape index (κ1) is 28.1. The fraction of sp³-hybridized carbons (Fsp3) is 0.583. The van der Waals surface area contributed by atoms with Crippen molar-refractivity contribution in [3.8, 4) is 0 Å². The zero-order chi connectivity index (χ0) is 21.9. The average molecular weight is 393 g/mol. The van der Waals surface area contributed by atoms with Gasteiger partial charge in [-0.05, 0) is 80.1 Å². The molecule has 0 saturated heterocycles. The van der Waals surface area contributed by atoms with Crippen LogP contribution in [0.15, 0.2) is 46.6 Å². The van der Waals surface area contributed by atoms with Gasteiger partial charge in [0.15, 0.2) is 0 Å². The van der Waals surface area contributed by atoms with E-state index in [0.29, 0.717) is 12.8 Å². The highest BCUT2D eigenvalue weighted by atomic mass is 16.4. The van der Waals surface area contributed by atoms with Crippen LogP contribution >= 0.6 is 0 Å².